The zero-order valence-corrected chi connectivity index (χ0v) is 7.24. The van der Waals surface area contributed by atoms with Crippen LogP contribution in [0.4, 0.5) is 0 Å². The van der Waals surface area contributed by atoms with Gasteiger partial charge in [0.2, 0.25) is 0 Å². The summed E-state index contributed by atoms with van der Waals surface area (Å²) in [5, 5.41) is 0. The van der Waals surface area contributed by atoms with Gasteiger partial charge in [-0.3, -0.25) is 4.79 Å². The Morgan fingerprint density at radius 1 is 1.75 bits per heavy atom. The molecule has 0 aromatic heterocycles. The second-order valence-electron chi connectivity index (χ2n) is 2.87. The number of ketones is 1. The van der Waals surface area contributed by atoms with Crippen molar-refractivity contribution in [2.45, 2.75) is 26.4 Å². The van der Waals surface area contributed by atoms with Crippen molar-refractivity contribution in [2.24, 2.45) is 5.92 Å². The fraction of sp³-hybridized carbons (Fsp3) is 0.556. The quantitative estimate of drug-likeness (QED) is 0.592. The summed E-state index contributed by atoms with van der Waals surface area (Å²) in [6.45, 7) is 3.58. The highest BCUT2D eigenvalue weighted by molar-refractivity contribution is 5.87. The summed E-state index contributed by atoms with van der Waals surface area (Å²) in [6.07, 6.45) is 3.15. The van der Waals surface area contributed by atoms with Gasteiger partial charge in [0.25, 0.3) is 0 Å². The molecule has 1 heterocycles. The van der Waals surface area contributed by atoms with Gasteiger partial charge in [0.05, 0.1) is 5.92 Å². The summed E-state index contributed by atoms with van der Waals surface area (Å²) in [5.41, 5.74) is 0. The van der Waals surface area contributed by atoms with Crippen molar-refractivity contribution >= 4 is 11.8 Å². The largest absolute Gasteiger partial charge is 0.454 e. The van der Waals surface area contributed by atoms with Crippen LogP contribution in [0.5, 0.6) is 0 Å². The molecule has 1 rings (SSSR count). The van der Waals surface area contributed by atoms with Crippen LogP contribution in [0, 0.1) is 5.92 Å². The van der Waals surface area contributed by atoms with E-state index < -0.39 is 0 Å². The summed E-state index contributed by atoms with van der Waals surface area (Å²) in [6, 6.07) is 0. The van der Waals surface area contributed by atoms with Crippen molar-refractivity contribution in [3.8, 4) is 0 Å². The van der Waals surface area contributed by atoms with Crippen molar-refractivity contribution in [2.75, 3.05) is 0 Å². The number of Topliss-reactive ketones (excluding diaryl/α,β-unsaturated/α-hetero) is 1. The fourth-order valence-corrected chi connectivity index (χ4v) is 1.16. The van der Waals surface area contributed by atoms with Crippen molar-refractivity contribution in [1.82, 2.24) is 0 Å². The Kier molecular flexibility index (Phi) is 2.63. The van der Waals surface area contributed by atoms with E-state index >= 15 is 0 Å². The molecule has 0 bridgehead atoms. The summed E-state index contributed by atoms with van der Waals surface area (Å²) < 4.78 is 4.88. The first-order valence-electron chi connectivity index (χ1n) is 4.06. The third kappa shape index (κ3) is 1.72. The smallest absolute Gasteiger partial charge is 0.331 e. The van der Waals surface area contributed by atoms with E-state index in [0.717, 1.165) is 0 Å². The molecular formula is C9H12O3. The first kappa shape index (κ1) is 8.97. The van der Waals surface area contributed by atoms with Crippen LogP contribution in [0.3, 0.4) is 0 Å². The number of carbonyl (C=O) groups excluding carboxylic acids is 2. The Balaban J connectivity index is 2.55. The van der Waals surface area contributed by atoms with Gasteiger partial charge in [-0.05, 0) is 6.08 Å². The van der Waals surface area contributed by atoms with Crippen molar-refractivity contribution in [3.63, 3.8) is 0 Å². The highest BCUT2D eigenvalue weighted by Gasteiger charge is 2.26. The Morgan fingerprint density at radius 2 is 2.42 bits per heavy atom. The van der Waals surface area contributed by atoms with Crippen LogP contribution in [0.2, 0.25) is 0 Å². The maximum atomic E-state index is 11.2. The van der Waals surface area contributed by atoms with Crippen LogP contribution in [-0.4, -0.2) is 17.9 Å². The molecule has 0 N–H and O–H groups in total. The Hall–Kier alpha value is -1.12. The zero-order chi connectivity index (χ0) is 9.14. The molecule has 0 spiro atoms. The fourth-order valence-electron chi connectivity index (χ4n) is 1.16. The molecule has 1 aliphatic rings. The molecule has 0 aliphatic carbocycles. The SMILES string of the molecule is CCC(=O)[C@@H](C)[C@H]1C=CC(=O)O1. The van der Waals surface area contributed by atoms with Gasteiger partial charge in [-0.1, -0.05) is 13.8 Å². The van der Waals surface area contributed by atoms with E-state index in [-0.39, 0.29) is 23.8 Å². The Labute approximate surface area is 71.4 Å². The molecule has 0 amide bonds. The van der Waals surface area contributed by atoms with Gasteiger partial charge in [-0.25, -0.2) is 4.79 Å². The molecule has 0 saturated carbocycles. The van der Waals surface area contributed by atoms with Crippen LogP contribution in [-0.2, 0) is 14.3 Å². The van der Waals surface area contributed by atoms with Crippen LogP contribution in [0.15, 0.2) is 12.2 Å². The molecule has 12 heavy (non-hydrogen) atoms. The molecular weight excluding hydrogens is 156 g/mol. The topological polar surface area (TPSA) is 43.4 Å². The van der Waals surface area contributed by atoms with Gasteiger partial charge >= 0.3 is 5.97 Å². The molecule has 3 heteroatoms. The maximum absolute atomic E-state index is 11.2. The second kappa shape index (κ2) is 3.52. The number of hydrogen-bond acceptors (Lipinski definition) is 3. The molecule has 3 nitrogen and oxygen atoms in total. The third-order valence-corrected chi connectivity index (χ3v) is 2.02. The number of hydrogen-bond donors (Lipinski definition) is 0. The van der Waals surface area contributed by atoms with Gasteiger partial charge < -0.3 is 4.74 Å². The minimum atomic E-state index is -0.351. The molecule has 66 valence electrons. The summed E-state index contributed by atoms with van der Waals surface area (Å²) in [4.78, 5) is 21.8. The molecule has 0 unspecified atom stereocenters. The molecule has 0 aromatic carbocycles. The average Bonchev–Trinajstić information content (AvgIpc) is 2.49. The summed E-state index contributed by atoms with van der Waals surface area (Å²) >= 11 is 0. The van der Waals surface area contributed by atoms with Gasteiger partial charge in [-0.2, -0.15) is 0 Å². The number of esters is 1. The molecule has 0 fully saturated rings. The highest BCUT2D eigenvalue weighted by Crippen LogP contribution is 2.16. The summed E-state index contributed by atoms with van der Waals surface area (Å²) in [7, 11) is 0. The predicted octanol–water partition coefficient (Wildman–Crippen LogP) is 1.08. The molecule has 0 radical (unpaired) electrons. The van der Waals surface area contributed by atoms with E-state index in [1.54, 1.807) is 19.9 Å². The zero-order valence-electron chi connectivity index (χ0n) is 7.24. The second-order valence-corrected chi connectivity index (χ2v) is 2.87. The molecule has 0 saturated heterocycles. The molecule has 0 aromatic rings. The standard InChI is InChI=1S/C9H12O3/c1-3-7(10)6(2)8-4-5-9(11)12-8/h4-6,8H,3H2,1-2H3/t6-,8-/m1/s1. The lowest BCUT2D eigenvalue weighted by Crippen LogP contribution is -2.24. The van der Waals surface area contributed by atoms with E-state index in [1.807, 2.05) is 0 Å². The average molecular weight is 168 g/mol. The van der Waals surface area contributed by atoms with Crippen LogP contribution in [0.25, 0.3) is 0 Å². The lowest BCUT2D eigenvalue weighted by molar-refractivity contribution is -0.142. The van der Waals surface area contributed by atoms with E-state index in [1.165, 1.54) is 6.08 Å². The lowest BCUT2D eigenvalue weighted by atomic mass is 9.98. The normalized spacial score (nSPS) is 23.8. The minimum absolute atomic E-state index is 0.124. The Bertz CT molecular complexity index is 230. The van der Waals surface area contributed by atoms with Crippen LogP contribution in [0.1, 0.15) is 20.3 Å². The van der Waals surface area contributed by atoms with Gasteiger partial charge in [0.15, 0.2) is 0 Å². The highest BCUT2D eigenvalue weighted by atomic mass is 16.5. The van der Waals surface area contributed by atoms with Crippen molar-refractivity contribution < 1.29 is 14.3 Å². The number of rotatable bonds is 3. The van der Waals surface area contributed by atoms with Crippen molar-refractivity contribution in [3.05, 3.63) is 12.2 Å². The van der Waals surface area contributed by atoms with E-state index in [0.29, 0.717) is 6.42 Å². The molecule has 1 aliphatic heterocycles. The Morgan fingerprint density at radius 3 is 2.83 bits per heavy atom. The predicted molar refractivity (Wildman–Crippen MR) is 43.5 cm³/mol. The monoisotopic (exact) mass is 168 g/mol. The number of ether oxygens (including phenoxy) is 1. The van der Waals surface area contributed by atoms with Gasteiger partial charge in [0.1, 0.15) is 11.9 Å². The first-order valence-corrected chi connectivity index (χ1v) is 4.06. The van der Waals surface area contributed by atoms with Crippen LogP contribution >= 0.6 is 0 Å². The number of carbonyl (C=O) groups is 2. The first-order chi connectivity index (χ1) is 5.65. The van der Waals surface area contributed by atoms with Gasteiger partial charge in [0, 0.05) is 12.5 Å². The molecule has 2 atom stereocenters. The summed E-state index contributed by atoms with van der Waals surface area (Å²) in [5.74, 6) is -0.437. The minimum Gasteiger partial charge on any atom is -0.454 e. The van der Waals surface area contributed by atoms with E-state index in [9.17, 15) is 9.59 Å². The van der Waals surface area contributed by atoms with Crippen molar-refractivity contribution in [1.29, 1.82) is 0 Å². The van der Waals surface area contributed by atoms with E-state index in [2.05, 4.69) is 0 Å². The van der Waals surface area contributed by atoms with E-state index in [4.69, 9.17) is 4.74 Å². The lowest BCUT2D eigenvalue weighted by Gasteiger charge is -2.14. The number of cyclic esters (lactones) is 1. The van der Waals surface area contributed by atoms with Crippen LogP contribution < -0.4 is 0 Å². The maximum Gasteiger partial charge on any atom is 0.331 e. The van der Waals surface area contributed by atoms with Gasteiger partial charge in [-0.15, -0.1) is 0 Å². The third-order valence-electron chi connectivity index (χ3n) is 2.02.